The largest absolute Gasteiger partial charge is 0.441 e. The standard InChI is InChI=1S/C13H15FN2O/c1-3-15-7-11-6-10(4-5-12(11)14)13-8-16-9(2)17-13/h4-6,8,15H,3,7H2,1-2H3. The van der Waals surface area contributed by atoms with Crippen LogP contribution in [0.5, 0.6) is 0 Å². The molecule has 0 amide bonds. The highest BCUT2D eigenvalue weighted by Crippen LogP contribution is 2.22. The summed E-state index contributed by atoms with van der Waals surface area (Å²) in [5.74, 6) is 1.07. The highest BCUT2D eigenvalue weighted by atomic mass is 19.1. The predicted molar refractivity (Wildman–Crippen MR) is 64.0 cm³/mol. The van der Waals surface area contributed by atoms with E-state index in [-0.39, 0.29) is 5.82 Å². The third-order valence-corrected chi connectivity index (χ3v) is 2.52. The normalized spacial score (nSPS) is 10.8. The van der Waals surface area contributed by atoms with Gasteiger partial charge in [-0.25, -0.2) is 9.37 Å². The number of oxazole rings is 1. The molecule has 0 saturated heterocycles. The van der Waals surface area contributed by atoms with Crippen molar-refractivity contribution in [2.24, 2.45) is 0 Å². The van der Waals surface area contributed by atoms with Gasteiger partial charge in [0.25, 0.3) is 0 Å². The summed E-state index contributed by atoms with van der Waals surface area (Å²) in [6, 6.07) is 4.95. The fourth-order valence-electron chi connectivity index (χ4n) is 1.62. The summed E-state index contributed by atoms with van der Waals surface area (Å²) in [5.41, 5.74) is 1.48. The highest BCUT2D eigenvalue weighted by molar-refractivity contribution is 5.57. The van der Waals surface area contributed by atoms with Crippen LogP contribution in [-0.2, 0) is 6.54 Å². The van der Waals surface area contributed by atoms with Gasteiger partial charge in [-0.1, -0.05) is 6.92 Å². The van der Waals surface area contributed by atoms with Crippen LogP contribution >= 0.6 is 0 Å². The Labute approximate surface area is 99.7 Å². The molecule has 0 spiro atoms. The second-order valence-electron chi connectivity index (χ2n) is 3.83. The number of aryl methyl sites for hydroxylation is 1. The number of nitrogens with zero attached hydrogens (tertiary/aromatic N) is 1. The summed E-state index contributed by atoms with van der Waals surface area (Å²) in [6.07, 6.45) is 1.65. The fraction of sp³-hybridized carbons (Fsp3) is 0.308. The number of aromatic nitrogens is 1. The smallest absolute Gasteiger partial charge is 0.191 e. The van der Waals surface area contributed by atoms with Crippen molar-refractivity contribution in [3.05, 3.63) is 41.7 Å². The Kier molecular flexibility index (Phi) is 3.54. The van der Waals surface area contributed by atoms with E-state index in [1.54, 1.807) is 25.3 Å². The lowest BCUT2D eigenvalue weighted by Gasteiger charge is -2.05. The maximum Gasteiger partial charge on any atom is 0.191 e. The maximum atomic E-state index is 13.5. The Morgan fingerprint density at radius 2 is 2.24 bits per heavy atom. The number of hydrogen-bond donors (Lipinski definition) is 1. The SMILES string of the molecule is CCNCc1cc(-c2cnc(C)o2)ccc1F. The third-order valence-electron chi connectivity index (χ3n) is 2.52. The van der Waals surface area contributed by atoms with E-state index in [9.17, 15) is 4.39 Å². The molecule has 0 aliphatic heterocycles. The maximum absolute atomic E-state index is 13.5. The average Bonchev–Trinajstić information content (AvgIpc) is 2.75. The van der Waals surface area contributed by atoms with E-state index in [0.717, 1.165) is 12.1 Å². The summed E-state index contributed by atoms with van der Waals surface area (Å²) in [5, 5.41) is 3.10. The van der Waals surface area contributed by atoms with E-state index in [4.69, 9.17) is 4.42 Å². The lowest BCUT2D eigenvalue weighted by Crippen LogP contribution is -2.12. The Bertz CT molecular complexity index is 508. The molecule has 0 unspecified atom stereocenters. The molecule has 0 saturated carbocycles. The van der Waals surface area contributed by atoms with Gasteiger partial charge in [0.1, 0.15) is 5.82 Å². The van der Waals surface area contributed by atoms with Crippen molar-refractivity contribution >= 4 is 0 Å². The number of halogens is 1. The van der Waals surface area contributed by atoms with Gasteiger partial charge in [0.05, 0.1) is 6.20 Å². The second-order valence-corrected chi connectivity index (χ2v) is 3.83. The monoisotopic (exact) mass is 234 g/mol. The first kappa shape index (κ1) is 11.8. The minimum Gasteiger partial charge on any atom is -0.441 e. The van der Waals surface area contributed by atoms with Crippen molar-refractivity contribution < 1.29 is 8.81 Å². The second kappa shape index (κ2) is 5.10. The van der Waals surface area contributed by atoms with Crippen LogP contribution in [0, 0.1) is 12.7 Å². The molecule has 17 heavy (non-hydrogen) atoms. The summed E-state index contributed by atoms with van der Waals surface area (Å²) < 4.78 is 18.9. The summed E-state index contributed by atoms with van der Waals surface area (Å²) in [6.45, 7) is 5.10. The van der Waals surface area contributed by atoms with E-state index in [2.05, 4.69) is 10.3 Å². The zero-order chi connectivity index (χ0) is 12.3. The molecule has 2 aromatic rings. The molecular formula is C13H15FN2O. The Hall–Kier alpha value is -1.68. The van der Waals surface area contributed by atoms with Crippen molar-refractivity contribution in [1.29, 1.82) is 0 Å². The molecular weight excluding hydrogens is 219 g/mol. The van der Waals surface area contributed by atoms with Gasteiger partial charge in [0, 0.05) is 24.6 Å². The van der Waals surface area contributed by atoms with Crippen LogP contribution in [0.15, 0.2) is 28.8 Å². The lowest BCUT2D eigenvalue weighted by molar-refractivity contribution is 0.534. The number of rotatable bonds is 4. The van der Waals surface area contributed by atoms with Gasteiger partial charge in [-0.2, -0.15) is 0 Å². The number of hydrogen-bond acceptors (Lipinski definition) is 3. The minimum atomic E-state index is -0.203. The molecule has 1 aromatic carbocycles. The average molecular weight is 234 g/mol. The van der Waals surface area contributed by atoms with Crippen LogP contribution in [0.25, 0.3) is 11.3 Å². The third kappa shape index (κ3) is 2.71. The van der Waals surface area contributed by atoms with Crippen LogP contribution in [0.2, 0.25) is 0 Å². The molecule has 4 heteroatoms. The molecule has 0 atom stereocenters. The van der Waals surface area contributed by atoms with Gasteiger partial charge in [-0.3, -0.25) is 0 Å². The van der Waals surface area contributed by atoms with Crippen LogP contribution in [0.4, 0.5) is 4.39 Å². The van der Waals surface area contributed by atoms with Crippen LogP contribution < -0.4 is 5.32 Å². The zero-order valence-electron chi connectivity index (χ0n) is 9.96. The molecule has 1 N–H and O–H groups in total. The molecule has 0 aliphatic carbocycles. The Morgan fingerprint density at radius 1 is 1.41 bits per heavy atom. The molecule has 3 nitrogen and oxygen atoms in total. The van der Waals surface area contributed by atoms with Crippen LogP contribution in [-0.4, -0.2) is 11.5 Å². The van der Waals surface area contributed by atoms with Gasteiger partial charge in [-0.05, 0) is 24.7 Å². The summed E-state index contributed by atoms with van der Waals surface area (Å²) in [4.78, 5) is 4.03. The Balaban J connectivity index is 2.30. The first-order chi connectivity index (χ1) is 8.20. The van der Waals surface area contributed by atoms with E-state index in [1.807, 2.05) is 6.92 Å². The van der Waals surface area contributed by atoms with Gasteiger partial charge in [0.15, 0.2) is 11.7 Å². The molecule has 90 valence electrons. The fourth-order valence-corrected chi connectivity index (χ4v) is 1.62. The molecule has 0 bridgehead atoms. The van der Waals surface area contributed by atoms with Gasteiger partial charge in [-0.15, -0.1) is 0 Å². The first-order valence-corrected chi connectivity index (χ1v) is 5.62. The molecule has 0 radical (unpaired) electrons. The first-order valence-electron chi connectivity index (χ1n) is 5.62. The molecule has 0 fully saturated rings. The van der Waals surface area contributed by atoms with E-state index in [1.165, 1.54) is 6.07 Å². The lowest BCUT2D eigenvalue weighted by atomic mass is 10.1. The highest BCUT2D eigenvalue weighted by Gasteiger charge is 2.08. The van der Waals surface area contributed by atoms with E-state index >= 15 is 0 Å². The van der Waals surface area contributed by atoms with Crippen molar-refractivity contribution in [1.82, 2.24) is 10.3 Å². The van der Waals surface area contributed by atoms with Gasteiger partial charge in [0.2, 0.25) is 0 Å². The number of benzene rings is 1. The molecule has 2 rings (SSSR count). The Morgan fingerprint density at radius 3 is 2.88 bits per heavy atom. The van der Waals surface area contributed by atoms with Crippen molar-refractivity contribution in [2.75, 3.05) is 6.54 Å². The van der Waals surface area contributed by atoms with Crippen molar-refractivity contribution in [2.45, 2.75) is 20.4 Å². The van der Waals surface area contributed by atoms with Gasteiger partial charge < -0.3 is 9.73 Å². The molecule has 0 aliphatic rings. The predicted octanol–water partition coefficient (Wildman–Crippen LogP) is 2.90. The quantitative estimate of drug-likeness (QED) is 0.884. The molecule has 1 heterocycles. The van der Waals surface area contributed by atoms with Crippen LogP contribution in [0.3, 0.4) is 0 Å². The van der Waals surface area contributed by atoms with Crippen LogP contribution in [0.1, 0.15) is 18.4 Å². The number of nitrogens with one attached hydrogen (secondary N) is 1. The zero-order valence-corrected chi connectivity index (χ0v) is 9.96. The van der Waals surface area contributed by atoms with Gasteiger partial charge >= 0.3 is 0 Å². The van der Waals surface area contributed by atoms with E-state index in [0.29, 0.717) is 23.8 Å². The van der Waals surface area contributed by atoms with Crippen molar-refractivity contribution in [3.8, 4) is 11.3 Å². The summed E-state index contributed by atoms with van der Waals surface area (Å²) in [7, 11) is 0. The topological polar surface area (TPSA) is 38.1 Å². The molecule has 1 aromatic heterocycles. The summed E-state index contributed by atoms with van der Waals surface area (Å²) >= 11 is 0. The van der Waals surface area contributed by atoms with Crippen molar-refractivity contribution in [3.63, 3.8) is 0 Å². The van der Waals surface area contributed by atoms with E-state index < -0.39 is 0 Å². The minimum absolute atomic E-state index is 0.203.